The van der Waals surface area contributed by atoms with Crippen LogP contribution in [0.5, 0.6) is 0 Å². The lowest BCUT2D eigenvalue weighted by Crippen LogP contribution is -2.23. The molecule has 1 rings (SSSR count). The van der Waals surface area contributed by atoms with Gasteiger partial charge >= 0.3 is 0 Å². The number of sulfonamides is 1. The van der Waals surface area contributed by atoms with Crippen molar-refractivity contribution >= 4 is 10.0 Å². The minimum Gasteiger partial charge on any atom is -0.269 e. The van der Waals surface area contributed by atoms with Crippen molar-refractivity contribution in [1.82, 2.24) is 14.5 Å². The van der Waals surface area contributed by atoms with Gasteiger partial charge in [0.2, 0.25) is 0 Å². The molecular weight excluding hydrogens is 202 g/mol. The van der Waals surface area contributed by atoms with Crippen LogP contribution >= 0.6 is 0 Å². The fourth-order valence-corrected chi connectivity index (χ4v) is 1.99. The Morgan fingerprint density at radius 3 is 2.64 bits per heavy atom. The molecule has 0 bridgehead atoms. The first kappa shape index (κ1) is 11.2. The van der Waals surface area contributed by atoms with E-state index in [0.717, 1.165) is 0 Å². The molecule has 1 aromatic rings. The normalized spacial score (nSPS) is 12.3. The molecule has 0 aliphatic carbocycles. The molecule has 0 radical (unpaired) electrons. The average molecular weight is 217 g/mol. The van der Waals surface area contributed by atoms with Crippen LogP contribution < -0.4 is 4.72 Å². The van der Waals surface area contributed by atoms with Crippen LogP contribution in [-0.4, -0.2) is 24.7 Å². The van der Waals surface area contributed by atoms with Crippen LogP contribution in [0.4, 0.5) is 0 Å². The number of rotatable bonds is 4. The molecule has 0 aliphatic rings. The minimum atomic E-state index is -3.40. The van der Waals surface area contributed by atoms with E-state index in [1.807, 2.05) is 13.8 Å². The third-order valence-electron chi connectivity index (χ3n) is 1.72. The zero-order chi connectivity index (χ0) is 10.8. The molecule has 0 amide bonds. The Morgan fingerprint density at radius 2 is 2.21 bits per heavy atom. The first-order chi connectivity index (χ1) is 6.47. The summed E-state index contributed by atoms with van der Waals surface area (Å²) in [5.41, 5.74) is 0. The molecule has 5 nitrogen and oxygen atoms in total. The Balaban J connectivity index is 2.97. The molecule has 1 N–H and O–H groups in total. The number of hydrogen-bond donors (Lipinski definition) is 1. The second kappa shape index (κ2) is 4.10. The van der Waals surface area contributed by atoms with Crippen LogP contribution in [0.25, 0.3) is 0 Å². The summed E-state index contributed by atoms with van der Waals surface area (Å²) in [6, 6.07) is 1.67. The highest BCUT2D eigenvalue weighted by Crippen LogP contribution is 2.08. The Hall–Kier alpha value is -0.880. The van der Waals surface area contributed by atoms with Crippen LogP contribution in [0.3, 0.4) is 0 Å². The zero-order valence-electron chi connectivity index (χ0n) is 8.56. The van der Waals surface area contributed by atoms with Gasteiger partial charge in [0.05, 0.1) is 0 Å². The van der Waals surface area contributed by atoms with E-state index in [1.165, 1.54) is 6.07 Å². The van der Waals surface area contributed by atoms with Crippen molar-refractivity contribution in [3.8, 4) is 0 Å². The predicted octanol–water partition coefficient (Wildman–Crippen LogP) is 0.762. The van der Waals surface area contributed by atoms with Gasteiger partial charge in [0.15, 0.2) is 5.03 Å². The van der Waals surface area contributed by atoms with Crippen molar-refractivity contribution in [3.05, 3.63) is 12.3 Å². The summed E-state index contributed by atoms with van der Waals surface area (Å²) in [5.74, 6) is 0. The van der Waals surface area contributed by atoms with Gasteiger partial charge in [0, 0.05) is 18.8 Å². The number of aromatic nitrogens is 2. The Bertz CT molecular complexity index is 394. The zero-order valence-corrected chi connectivity index (χ0v) is 9.37. The summed E-state index contributed by atoms with van der Waals surface area (Å²) < 4.78 is 27.0. The van der Waals surface area contributed by atoms with Crippen molar-refractivity contribution in [3.63, 3.8) is 0 Å². The van der Waals surface area contributed by atoms with Gasteiger partial charge in [-0.1, -0.05) is 6.92 Å². The fraction of sp³-hybridized carbons (Fsp3) is 0.625. The summed E-state index contributed by atoms with van der Waals surface area (Å²) in [7, 11) is -3.40. The minimum absolute atomic E-state index is 0.0769. The molecule has 0 aromatic carbocycles. The van der Waals surface area contributed by atoms with Crippen LogP contribution in [0.2, 0.25) is 0 Å². The van der Waals surface area contributed by atoms with Gasteiger partial charge in [0.25, 0.3) is 10.0 Å². The highest BCUT2D eigenvalue weighted by Gasteiger charge is 2.16. The lowest BCUT2D eigenvalue weighted by atomic mass is 10.4. The summed E-state index contributed by atoms with van der Waals surface area (Å²) >= 11 is 0. The fourth-order valence-electron chi connectivity index (χ4n) is 1.02. The summed E-state index contributed by atoms with van der Waals surface area (Å²) in [6.07, 6.45) is 1.66. The molecule has 6 heteroatoms. The van der Waals surface area contributed by atoms with E-state index < -0.39 is 10.0 Å². The van der Waals surface area contributed by atoms with Crippen molar-refractivity contribution < 1.29 is 8.42 Å². The van der Waals surface area contributed by atoms with E-state index in [2.05, 4.69) is 9.82 Å². The van der Waals surface area contributed by atoms with E-state index in [9.17, 15) is 8.42 Å². The molecule has 1 aromatic heterocycles. The summed E-state index contributed by atoms with van der Waals surface area (Å²) in [6.45, 7) is 5.99. The SMILES string of the molecule is CCNS(=O)(=O)c1ccn(C(C)C)n1. The van der Waals surface area contributed by atoms with Gasteiger partial charge in [0.1, 0.15) is 0 Å². The Morgan fingerprint density at radius 1 is 1.57 bits per heavy atom. The largest absolute Gasteiger partial charge is 0.269 e. The van der Waals surface area contributed by atoms with Gasteiger partial charge in [-0.2, -0.15) is 5.10 Å². The molecule has 0 unspecified atom stereocenters. The van der Waals surface area contributed by atoms with Gasteiger partial charge in [-0.25, -0.2) is 13.1 Å². The first-order valence-corrected chi connectivity index (χ1v) is 6.00. The van der Waals surface area contributed by atoms with Gasteiger partial charge < -0.3 is 0 Å². The maximum absolute atomic E-state index is 11.5. The molecule has 0 spiro atoms. The van der Waals surface area contributed by atoms with Crippen LogP contribution in [0.1, 0.15) is 26.8 Å². The molecule has 0 aliphatic heterocycles. The molecule has 1 heterocycles. The summed E-state index contributed by atoms with van der Waals surface area (Å²) in [5, 5.41) is 4.04. The molecule has 0 atom stereocenters. The van der Waals surface area contributed by atoms with Crippen molar-refractivity contribution in [2.75, 3.05) is 6.54 Å². The van der Waals surface area contributed by atoms with Crippen molar-refractivity contribution in [1.29, 1.82) is 0 Å². The molecule has 14 heavy (non-hydrogen) atoms. The lowest BCUT2D eigenvalue weighted by Gasteiger charge is -2.04. The molecule has 80 valence electrons. The molecule has 0 fully saturated rings. The van der Waals surface area contributed by atoms with E-state index in [0.29, 0.717) is 6.54 Å². The first-order valence-electron chi connectivity index (χ1n) is 4.52. The maximum atomic E-state index is 11.5. The van der Waals surface area contributed by atoms with E-state index in [-0.39, 0.29) is 11.1 Å². The molecular formula is C8H15N3O2S. The highest BCUT2D eigenvalue weighted by atomic mass is 32.2. The van der Waals surface area contributed by atoms with Crippen LogP contribution in [0.15, 0.2) is 17.3 Å². The Labute approximate surface area is 84.2 Å². The van der Waals surface area contributed by atoms with Gasteiger partial charge in [-0.15, -0.1) is 0 Å². The topological polar surface area (TPSA) is 64.0 Å². The van der Waals surface area contributed by atoms with Gasteiger partial charge in [-0.05, 0) is 19.9 Å². The average Bonchev–Trinajstić information content (AvgIpc) is 2.51. The number of hydrogen-bond acceptors (Lipinski definition) is 3. The third kappa shape index (κ3) is 2.33. The smallest absolute Gasteiger partial charge is 0.259 e. The van der Waals surface area contributed by atoms with E-state index in [1.54, 1.807) is 17.8 Å². The molecule has 0 saturated heterocycles. The molecule has 0 saturated carbocycles. The third-order valence-corrected chi connectivity index (χ3v) is 3.16. The Kier molecular flexibility index (Phi) is 3.28. The highest BCUT2D eigenvalue weighted by molar-refractivity contribution is 7.89. The van der Waals surface area contributed by atoms with Crippen molar-refractivity contribution in [2.45, 2.75) is 31.8 Å². The quantitative estimate of drug-likeness (QED) is 0.810. The summed E-state index contributed by atoms with van der Waals surface area (Å²) in [4.78, 5) is 0. The number of nitrogens with zero attached hydrogens (tertiary/aromatic N) is 2. The lowest BCUT2D eigenvalue weighted by molar-refractivity contribution is 0.514. The number of nitrogens with one attached hydrogen (secondary N) is 1. The van der Waals surface area contributed by atoms with Crippen LogP contribution in [0, 0.1) is 0 Å². The second-order valence-electron chi connectivity index (χ2n) is 3.23. The standard InChI is InChI=1S/C8H15N3O2S/c1-4-9-14(12,13)8-5-6-11(10-8)7(2)3/h5-7,9H,4H2,1-3H3. The van der Waals surface area contributed by atoms with Crippen LogP contribution in [-0.2, 0) is 10.0 Å². The second-order valence-corrected chi connectivity index (χ2v) is 4.94. The van der Waals surface area contributed by atoms with Gasteiger partial charge in [-0.3, -0.25) is 4.68 Å². The monoisotopic (exact) mass is 217 g/mol. The predicted molar refractivity (Wildman–Crippen MR) is 53.5 cm³/mol. The van der Waals surface area contributed by atoms with E-state index in [4.69, 9.17) is 0 Å². The van der Waals surface area contributed by atoms with E-state index >= 15 is 0 Å². The maximum Gasteiger partial charge on any atom is 0.259 e. The van der Waals surface area contributed by atoms with Crippen molar-refractivity contribution in [2.24, 2.45) is 0 Å².